The minimum atomic E-state index is 0.618. The van der Waals surface area contributed by atoms with Gasteiger partial charge >= 0.3 is 0 Å². The summed E-state index contributed by atoms with van der Waals surface area (Å²) in [6.45, 7) is 3.19. The minimum absolute atomic E-state index is 0.618. The second-order valence-corrected chi connectivity index (χ2v) is 5.71. The van der Waals surface area contributed by atoms with Crippen molar-refractivity contribution < 1.29 is 0 Å². The van der Waals surface area contributed by atoms with E-state index in [0.29, 0.717) is 6.04 Å². The van der Waals surface area contributed by atoms with Gasteiger partial charge in [-0.05, 0) is 43.9 Å². The first kappa shape index (κ1) is 11.1. The molecule has 0 saturated heterocycles. The van der Waals surface area contributed by atoms with E-state index in [1.807, 2.05) is 6.20 Å². The quantitative estimate of drug-likeness (QED) is 0.864. The molecule has 0 radical (unpaired) electrons. The molecule has 2 aliphatic rings. The summed E-state index contributed by atoms with van der Waals surface area (Å²) >= 11 is 0. The molecule has 0 aromatic carbocycles. The van der Waals surface area contributed by atoms with Crippen LogP contribution in [0.15, 0.2) is 18.6 Å². The maximum atomic E-state index is 4.30. The molecule has 3 nitrogen and oxygen atoms in total. The highest BCUT2D eigenvalue weighted by Crippen LogP contribution is 2.49. The second kappa shape index (κ2) is 4.73. The summed E-state index contributed by atoms with van der Waals surface area (Å²) < 4.78 is 0. The fourth-order valence-electron chi connectivity index (χ4n) is 3.74. The smallest absolute Gasteiger partial charge is 0.0724 e. The SMILES string of the molecule is CC(NCc1cnccn1)C1CC2CCC1C2. The van der Waals surface area contributed by atoms with Gasteiger partial charge in [0.25, 0.3) is 0 Å². The number of hydrogen-bond donors (Lipinski definition) is 1. The predicted molar refractivity (Wildman–Crippen MR) is 67.3 cm³/mol. The molecular weight excluding hydrogens is 210 g/mol. The summed E-state index contributed by atoms with van der Waals surface area (Å²) in [6, 6.07) is 0.618. The number of fused-ring (bicyclic) bond motifs is 2. The Kier molecular flexibility index (Phi) is 3.10. The molecule has 92 valence electrons. The molecule has 1 aromatic rings. The summed E-state index contributed by atoms with van der Waals surface area (Å²) in [7, 11) is 0. The summed E-state index contributed by atoms with van der Waals surface area (Å²) in [4.78, 5) is 8.40. The monoisotopic (exact) mass is 231 g/mol. The van der Waals surface area contributed by atoms with Gasteiger partial charge < -0.3 is 5.32 Å². The molecule has 0 amide bonds. The third-order valence-corrected chi connectivity index (χ3v) is 4.66. The lowest BCUT2D eigenvalue weighted by Crippen LogP contribution is -2.36. The lowest BCUT2D eigenvalue weighted by Gasteiger charge is -2.28. The largest absolute Gasteiger partial charge is 0.308 e. The van der Waals surface area contributed by atoms with Crippen LogP contribution in [0.25, 0.3) is 0 Å². The molecule has 3 rings (SSSR count). The highest BCUT2D eigenvalue weighted by molar-refractivity contribution is 4.97. The van der Waals surface area contributed by atoms with Gasteiger partial charge in [0.1, 0.15) is 0 Å². The first-order valence-corrected chi connectivity index (χ1v) is 6.81. The molecule has 0 spiro atoms. The predicted octanol–water partition coefficient (Wildman–Crippen LogP) is 2.39. The first-order valence-electron chi connectivity index (χ1n) is 6.81. The molecule has 4 atom stereocenters. The zero-order valence-electron chi connectivity index (χ0n) is 10.5. The summed E-state index contributed by atoms with van der Waals surface area (Å²) in [5.41, 5.74) is 1.04. The topological polar surface area (TPSA) is 37.8 Å². The Hall–Kier alpha value is -0.960. The van der Waals surface area contributed by atoms with E-state index < -0.39 is 0 Å². The average Bonchev–Trinajstić information content (AvgIpc) is 2.99. The highest BCUT2D eigenvalue weighted by Gasteiger charge is 2.41. The van der Waals surface area contributed by atoms with Crippen molar-refractivity contribution in [1.82, 2.24) is 15.3 Å². The van der Waals surface area contributed by atoms with Crippen LogP contribution in [0.4, 0.5) is 0 Å². The lowest BCUT2D eigenvalue weighted by atomic mass is 9.84. The van der Waals surface area contributed by atoms with E-state index in [9.17, 15) is 0 Å². The maximum absolute atomic E-state index is 4.30. The Balaban J connectivity index is 1.52. The lowest BCUT2D eigenvalue weighted by molar-refractivity contribution is 0.259. The van der Waals surface area contributed by atoms with Gasteiger partial charge in [-0.3, -0.25) is 9.97 Å². The van der Waals surface area contributed by atoms with Gasteiger partial charge in [0.15, 0.2) is 0 Å². The first-order chi connectivity index (χ1) is 8.33. The van der Waals surface area contributed by atoms with Gasteiger partial charge in [0.2, 0.25) is 0 Å². The fraction of sp³-hybridized carbons (Fsp3) is 0.714. The molecule has 2 fully saturated rings. The van der Waals surface area contributed by atoms with Crippen molar-refractivity contribution in [2.45, 2.75) is 45.2 Å². The zero-order chi connectivity index (χ0) is 11.7. The van der Waals surface area contributed by atoms with Gasteiger partial charge in [0, 0.05) is 31.2 Å². The van der Waals surface area contributed by atoms with Crippen molar-refractivity contribution in [2.75, 3.05) is 0 Å². The van der Waals surface area contributed by atoms with E-state index in [-0.39, 0.29) is 0 Å². The van der Waals surface area contributed by atoms with Crippen molar-refractivity contribution in [2.24, 2.45) is 17.8 Å². The molecule has 2 saturated carbocycles. The number of aromatic nitrogens is 2. The van der Waals surface area contributed by atoms with Crippen molar-refractivity contribution in [3.05, 3.63) is 24.3 Å². The van der Waals surface area contributed by atoms with Crippen molar-refractivity contribution >= 4 is 0 Å². The van der Waals surface area contributed by atoms with E-state index in [1.54, 1.807) is 12.4 Å². The van der Waals surface area contributed by atoms with E-state index >= 15 is 0 Å². The third-order valence-electron chi connectivity index (χ3n) is 4.66. The Labute approximate surface area is 103 Å². The molecular formula is C14H21N3. The number of nitrogens with one attached hydrogen (secondary N) is 1. The van der Waals surface area contributed by atoms with E-state index in [4.69, 9.17) is 0 Å². The molecule has 2 aliphatic carbocycles. The van der Waals surface area contributed by atoms with Crippen molar-refractivity contribution in [3.8, 4) is 0 Å². The molecule has 4 unspecified atom stereocenters. The van der Waals surface area contributed by atoms with Crippen LogP contribution in [0, 0.1) is 17.8 Å². The standard InChI is InChI=1S/C14H21N3/c1-10(14-7-11-2-3-12(14)6-11)17-9-13-8-15-4-5-16-13/h4-5,8,10-12,14,17H,2-3,6-7,9H2,1H3. The van der Waals surface area contributed by atoms with Crippen LogP contribution in [0.3, 0.4) is 0 Å². The molecule has 2 bridgehead atoms. The number of rotatable bonds is 4. The van der Waals surface area contributed by atoms with Crippen LogP contribution >= 0.6 is 0 Å². The normalized spacial score (nSPS) is 32.9. The van der Waals surface area contributed by atoms with Gasteiger partial charge in [-0.15, -0.1) is 0 Å². The van der Waals surface area contributed by atoms with E-state index in [0.717, 1.165) is 30.0 Å². The minimum Gasteiger partial charge on any atom is -0.308 e. The summed E-state index contributed by atoms with van der Waals surface area (Å²) in [5.74, 6) is 2.92. The molecule has 1 aromatic heterocycles. The molecule has 0 aliphatic heterocycles. The van der Waals surface area contributed by atoms with E-state index in [2.05, 4.69) is 22.2 Å². The number of hydrogen-bond acceptors (Lipinski definition) is 3. The Morgan fingerprint density at radius 1 is 1.35 bits per heavy atom. The third kappa shape index (κ3) is 2.34. The molecule has 1 heterocycles. The van der Waals surface area contributed by atoms with Crippen LogP contribution in [-0.4, -0.2) is 16.0 Å². The number of nitrogens with zero attached hydrogens (tertiary/aromatic N) is 2. The van der Waals surface area contributed by atoms with Crippen molar-refractivity contribution in [1.29, 1.82) is 0 Å². The van der Waals surface area contributed by atoms with Gasteiger partial charge in [-0.25, -0.2) is 0 Å². The fourth-order valence-corrected chi connectivity index (χ4v) is 3.74. The summed E-state index contributed by atoms with van der Waals surface area (Å²) in [6.07, 6.45) is 11.2. The molecule has 3 heteroatoms. The van der Waals surface area contributed by atoms with Crippen LogP contribution in [0.5, 0.6) is 0 Å². The van der Waals surface area contributed by atoms with Gasteiger partial charge in [-0.1, -0.05) is 6.42 Å². The van der Waals surface area contributed by atoms with Crippen LogP contribution in [0.1, 0.15) is 38.3 Å². The van der Waals surface area contributed by atoms with Gasteiger partial charge in [0.05, 0.1) is 5.69 Å². The van der Waals surface area contributed by atoms with Gasteiger partial charge in [-0.2, -0.15) is 0 Å². The maximum Gasteiger partial charge on any atom is 0.0724 e. The van der Waals surface area contributed by atoms with Crippen LogP contribution < -0.4 is 5.32 Å². The average molecular weight is 231 g/mol. The highest BCUT2D eigenvalue weighted by atomic mass is 14.9. The van der Waals surface area contributed by atoms with Crippen molar-refractivity contribution in [3.63, 3.8) is 0 Å². The second-order valence-electron chi connectivity index (χ2n) is 5.71. The van der Waals surface area contributed by atoms with Crippen LogP contribution in [0.2, 0.25) is 0 Å². The molecule has 17 heavy (non-hydrogen) atoms. The summed E-state index contributed by atoms with van der Waals surface area (Å²) in [5, 5.41) is 3.62. The van der Waals surface area contributed by atoms with E-state index in [1.165, 1.54) is 25.7 Å². The Morgan fingerprint density at radius 2 is 2.29 bits per heavy atom. The Morgan fingerprint density at radius 3 is 2.94 bits per heavy atom. The zero-order valence-corrected chi connectivity index (χ0v) is 10.5. The Bertz CT molecular complexity index is 365. The van der Waals surface area contributed by atoms with Crippen LogP contribution in [-0.2, 0) is 6.54 Å². The molecule has 1 N–H and O–H groups in total.